The maximum atomic E-state index is 12.5. The maximum Gasteiger partial charge on any atom is 0.523 e. The molecule has 1 aliphatic carbocycles. The lowest BCUT2D eigenvalue weighted by Gasteiger charge is -2.30. The van der Waals surface area contributed by atoms with Gasteiger partial charge in [0.05, 0.1) is 6.10 Å². The van der Waals surface area contributed by atoms with Crippen LogP contribution in [0.2, 0.25) is 0 Å². The summed E-state index contributed by atoms with van der Waals surface area (Å²) in [6.07, 6.45) is 1.26. The zero-order valence-corrected chi connectivity index (χ0v) is 14.9. The van der Waals surface area contributed by atoms with Crippen molar-refractivity contribution < 1.29 is 35.3 Å². The molecule has 0 saturated heterocycles. The summed E-state index contributed by atoms with van der Waals surface area (Å²) in [6.45, 7) is 0.118. The highest BCUT2D eigenvalue weighted by molar-refractivity contribution is 7.87. The minimum Gasteiger partial charge on any atom is -0.461 e. The molecule has 1 aromatic rings. The van der Waals surface area contributed by atoms with Crippen LogP contribution in [0, 0.1) is 5.92 Å². The van der Waals surface area contributed by atoms with Crippen LogP contribution in [0.5, 0.6) is 0 Å². The molecule has 1 fully saturated rings. The van der Waals surface area contributed by atoms with Crippen molar-refractivity contribution in [1.82, 2.24) is 0 Å². The van der Waals surface area contributed by atoms with Crippen LogP contribution in [0.4, 0.5) is 13.2 Å². The first kappa shape index (κ1) is 20.7. The number of ether oxygens (including phenoxy) is 1. The summed E-state index contributed by atoms with van der Waals surface area (Å²) in [4.78, 5) is 11.8. The second-order valence-electron chi connectivity index (χ2n) is 6.26. The topological polar surface area (TPSA) is 69.7 Å². The maximum absolute atomic E-state index is 12.5. The fourth-order valence-electron chi connectivity index (χ4n) is 2.96. The summed E-state index contributed by atoms with van der Waals surface area (Å²) in [6, 6.07) is 9.08. The Morgan fingerprint density at radius 2 is 1.77 bits per heavy atom. The van der Waals surface area contributed by atoms with Crippen LogP contribution >= 0.6 is 0 Å². The zero-order valence-electron chi connectivity index (χ0n) is 14.1. The van der Waals surface area contributed by atoms with Gasteiger partial charge in [-0.15, -0.1) is 0 Å². The molecule has 0 bridgehead atoms. The molecular weight excluding hydrogens is 373 g/mol. The molecule has 0 radical (unpaired) electrons. The second-order valence-corrected chi connectivity index (χ2v) is 7.83. The molecule has 0 spiro atoms. The highest BCUT2D eigenvalue weighted by atomic mass is 32.2. The molecule has 1 aromatic carbocycles. The van der Waals surface area contributed by atoms with Crippen LogP contribution < -0.4 is 0 Å². The predicted molar refractivity (Wildman–Crippen MR) is 87.3 cm³/mol. The Morgan fingerprint density at radius 1 is 1.12 bits per heavy atom. The lowest BCUT2D eigenvalue weighted by molar-refractivity contribution is -0.145. The van der Waals surface area contributed by atoms with Crippen molar-refractivity contribution in [3.05, 3.63) is 35.9 Å². The van der Waals surface area contributed by atoms with E-state index < -0.39 is 33.6 Å². The molecule has 9 heteroatoms. The summed E-state index contributed by atoms with van der Waals surface area (Å²) in [5.74, 6) is -0.901. The SMILES string of the molecule is O=C(CC[C@H]1CCCC[C@H]1OS(=O)(=O)C(F)(F)F)OCc1ccccc1. The Labute approximate surface area is 150 Å². The second kappa shape index (κ2) is 8.85. The van der Waals surface area contributed by atoms with E-state index >= 15 is 0 Å². The third-order valence-electron chi connectivity index (χ3n) is 4.33. The Balaban J connectivity index is 1.85. The molecule has 1 saturated carbocycles. The van der Waals surface area contributed by atoms with Gasteiger partial charge in [-0.3, -0.25) is 8.98 Å². The number of alkyl halides is 3. The first-order valence-corrected chi connectivity index (χ1v) is 9.79. The van der Waals surface area contributed by atoms with E-state index in [0.717, 1.165) is 12.0 Å². The first-order valence-electron chi connectivity index (χ1n) is 8.38. The van der Waals surface area contributed by atoms with E-state index in [-0.39, 0.29) is 25.9 Å². The van der Waals surface area contributed by atoms with Crippen LogP contribution in [-0.4, -0.2) is 26.0 Å². The fourth-order valence-corrected chi connectivity index (χ4v) is 3.65. The van der Waals surface area contributed by atoms with Gasteiger partial charge in [-0.05, 0) is 30.7 Å². The van der Waals surface area contributed by atoms with Crippen molar-refractivity contribution in [3.63, 3.8) is 0 Å². The average molecular weight is 394 g/mol. The number of carbonyl (C=O) groups excluding carboxylic acids is 1. The molecule has 0 amide bonds. The molecule has 26 heavy (non-hydrogen) atoms. The number of benzene rings is 1. The Bertz CT molecular complexity index is 688. The summed E-state index contributed by atoms with van der Waals surface area (Å²) in [5.41, 5.74) is -4.61. The third kappa shape index (κ3) is 5.98. The van der Waals surface area contributed by atoms with Crippen LogP contribution in [-0.2, 0) is 30.4 Å². The van der Waals surface area contributed by atoms with Crippen LogP contribution in [0.3, 0.4) is 0 Å². The van der Waals surface area contributed by atoms with Gasteiger partial charge in [0.15, 0.2) is 0 Å². The molecule has 0 N–H and O–H groups in total. The zero-order chi connectivity index (χ0) is 19.2. The van der Waals surface area contributed by atoms with Crippen molar-refractivity contribution in [3.8, 4) is 0 Å². The molecule has 0 heterocycles. The van der Waals surface area contributed by atoms with Gasteiger partial charge >= 0.3 is 21.6 Å². The monoisotopic (exact) mass is 394 g/mol. The molecule has 2 rings (SSSR count). The molecule has 0 unspecified atom stereocenters. The van der Waals surface area contributed by atoms with Crippen LogP contribution in [0.1, 0.15) is 44.1 Å². The average Bonchev–Trinajstić information content (AvgIpc) is 2.59. The quantitative estimate of drug-likeness (QED) is 0.398. The Hall–Kier alpha value is -1.61. The van der Waals surface area contributed by atoms with Gasteiger partial charge in [-0.1, -0.05) is 43.2 Å². The lowest BCUT2D eigenvalue weighted by Crippen LogP contribution is -2.35. The van der Waals surface area contributed by atoms with Crippen molar-refractivity contribution in [2.45, 2.75) is 56.7 Å². The van der Waals surface area contributed by atoms with E-state index in [1.54, 1.807) is 12.1 Å². The number of hydrogen-bond acceptors (Lipinski definition) is 5. The Kier molecular flexibility index (Phi) is 7.05. The summed E-state index contributed by atoms with van der Waals surface area (Å²) >= 11 is 0. The van der Waals surface area contributed by atoms with E-state index in [1.165, 1.54) is 0 Å². The van der Waals surface area contributed by atoms with Gasteiger partial charge in [-0.25, -0.2) is 0 Å². The van der Waals surface area contributed by atoms with Crippen molar-refractivity contribution >= 4 is 16.1 Å². The lowest BCUT2D eigenvalue weighted by atomic mass is 9.83. The van der Waals surface area contributed by atoms with Gasteiger partial charge in [0.1, 0.15) is 6.61 Å². The minimum absolute atomic E-state index is 0.00340. The molecule has 2 atom stereocenters. The molecular formula is C17H21F3O5S. The molecule has 5 nitrogen and oxygen atoms in total. The molecule has 146 valence electrons. The van der Waals surface area contributed by atoms with Crippen molar-refractivity contribution in [2.75, 3.05) is 0 Å². The number of rotatable bonds is 7. The number of esters is 1. The molecule has 0 aliphatic heterocycles. The Morgan fingerprint density at radius 3 is 2.42 bits per heavy atom. The normalized spacial score (nSPS) is 21.3. The molecule has 0 aromatic heterocycles. The van der Waals surface area contributed by atoms with Crippen molar-refractivity contribution in [2.24, 2.45) is 5.92 Å². The van der Waals surface area contributed by atoms with E-state index in [0.29, 0.717) is 12.8 Å². The smallest absolute Gasteiger partial charge is 0.461 e. The van der Waals surface area contributed by atoms with Gasteiger partial charge in [0.25, 0.3) is 0 Å². The predicted octanol–water partition coefficient (Wildman–Crippen LogP) is 3.94. The van der Waals surface area contributed by atoms with Crippen LogP contribution in [0.25, 0.3) is 0 Å². The minimum atomic E-state index is -5.63. The van der Waals surface area contributed by atoms with Gasteiger partial charge in [0.2, 0.25) is 0 Å². The highest BCUT2D eigenvalue weighted by Gasteiger charge is 2.49. The van der Waals surface area contributed by atoms with E-state index in [9.17, 15) is 26.4 Å². The van der Waals surface area contributed by atoms with E-state index in [4.69, 9.17) is 4.74 Å². The van der Waals surface area contributed by atoms with Crippen molar-refractivity contribution in [1.29, 1.82) is 0 Å². The first-order chi connectivity index (χ1) is 12.2. The van der Waals surface area contributed by atoms with E-state index in [1.807, 2.05) is 18.2 Å². The summed E-state index contributed by atoms with van der Waals surface area (Å²) < 4.78 is 69.5. The molecule has 1 aliphatic rings. The highest BCUT2D eigenvalue weighted by Crippen LogP contribution is 2.35. The largest absolute Gasteiger partial charge is 0.523 e. The van der Waals surface area contributed by atoms with E-state index in [2.05, 4.69) is 4.18 Å². The third-order valence-corrected chi connectivity index (χ3v) is 5.40. The van der Waals surface area contributed by atoms with Crippen LogP contribution in [0.15, 0.2) is 30.3 Å². The fraction of sp³-hybridized carbons (Fsp3) is 0.588. The summed E-state index contributed by atoms with van der Waals surface area (Å²) in [7, 11) is -5.63. The standard InChI is InChI=1S/C17H21F3O5S/c18-17(19,20)26(22,23)25-15-9-5-4-8-14(15)10-11-16(21)24-12-13-6-2-1-3-7-13/h1-3,6-7,14-15H,4-5,8-12H2/t14-,15-/m1/s1. The van der Waals surface area contributed by atoms with Gasteiger partial charge in [-0.2, -0.15) is 21.6 Å². The number of halogens is 3. The summed E-state index contributed by atoms with van der Waals surface area (Å²) in [5, 5.41) is 0. The van der Waals surface area contributed by atoms with Gasteiger partial charge < -0.3 is 4.74 Å². The number of carbonyl (C=O) groups is 1. The number of hydrogen-bond donors (Lipinski definition) is 0. The van der Waals surface area contributed by atoms with Gasteiger partial charge in [0, 0.05) is 6.42 Å².